The minimum absolute atomic E-state index is 0. The molecule has 0 bridgehead atoms. The average molecular weight is 264 g/mol. The van der Waals surface area contributed by atoms with Crippen LogP contribution in [0.25, 0.3) is 21.5 Å². The van der Waals surface area contributed by atoms with Crippen molar-refractivity contribution in [3.05, 3.63) is 54.6 Å². The molecule has 2 nitrogen and oxygen atoms in total. The zero-order valence-corrected chi connectivity index (χ0v) is 12.9. The topological polar surface area (TPSA) is 37.3 Å². The summed E-state index contributed by atoms with van der Waals surface area (Å²) >= 11 is 0. The molecule has 0 saturated heterocycles. The zero-order valence-electron chi connectivity index (χ0n) is 10.00. The predicted octanol–water partition coefficient (Wildman–Crippen LogP) is 0.357. The van der Waals surface area contributed by atoms with Gasteiger partial charge in [-0.05, 0) is 26.8 Å². The maximum atomic E-state index is 11.4. The Bertz CT molecular complexity index is 740. The number of fused-ring (bicyclic) bond motifs is 3. The van der Waals surface area contributed by atoms with Gasteiger partial charge >= 0.3 is 37.6 Å². The SMILES string of the molecule is O=[P+](O)c1cc2ccccc2c2ccccc12.[Na+]. The van der Waals surface area contributed by atoms with Crippen LogP contribution in [0.2, 0.25) is 0 Å². The summed E-state index contributed by atoms with van der Waals surface area (Å²) in [7, 11) is -2.32. The van der Waals surface area contributed by atoms with Gasteiger partial charge in [0.05, 0.1) is 0 Å². The molecule has 4 heteroatoms. The van der Waals surface area contributed by atoms with Crippen molar-refractivity contribution in [3.8, 4) is 0 Å². The first-order chi connectivity index (χ1) is 8.27. The van der Waals surface area contributed by atoms with Gasteiger partial charge in [0.1, 0.15) is 0 Å². The van der Waals surface area contributed by atoms with Crippen LogP contribution in [0.15, 0.2) is 54.6 Å². The Morgan fingerprint density at radius 1 is 0.833 bits per heavy atom. The Kier molecular flexibility index (Phi) is 4.16. The molecular weight excluding hydrogens is 254 g/mol. The molecule has 0 amide bonds. The Labute approximate surface area is 128 Å². The van der Waals surface area contributed by atoms with Gasteiger partial charge in [-0.15, -0.1) is 0 Å². The molecule has 18 heavy (non-hydrogen) atoms. The van der Waals surface area contributed by atoms with Gasteiger partial charge in [0.15, 0.2) is 0 Å². The van der Waals surface area contributed by atoms with Crippen LogP contribution in [0, 0.1) is 0 Å². The monoisotopic (exact) mass is 264 g/mol. The third-order valence-corrected chi connectivity index (χ3v) is 3.73. The molecule has 0 aliphatic carbocycles. The molecule has 0 radical (unpaired) electrons. The van der Waals surface area contributed by atoms with Gasteiger partial charge in [-0.3, -0.25) is 0 Å². The second kappa shape index (κ2) is 5.48. The van der Waals surface area contributed by atoms with Crippen LogP contribution in [0.1, 0.15) is 0 Å². The summed E-state index contributed by atoms with van der Waals surface area (Å²) in [4.78, 5) is 9.39. The van der Waals surface area contributed by atoms with Crippen LogP contribution < -0.4 is 34.9 Å². The molecule has 1 atom stereocenters. The average Bonchev–Trinajstić information content (AvgIpc) is 2.37. The minimum Gasteiger partial charge on any atom is -0.156 e. The van der Waals surface area contributed by atoms with Crippen molar-refractivity contribution < 1.29 is 39.0 Å². The summed E-state index contributed by atoms with van der Waals surface area (Å²) in [6.07, 6.45) is 0. The molecular formula is C14H10NaO2P+2. The quantitative estimate of drug-likeness (QED) is 0.391. The van der Waals surface area contributed by atoms with E-state index < -0.39 is 8.03 Å². The van der Waals surface area contributed by atoms with Gasteiger partial charge in [-0.1, -0.05) is 42.5 Å². The van der Waals surface area contributed by atoms with Crippen LogP contribution in [0.3, 0.4) is 0 Å². The molecule has 0 aliphatic rings. The van der Waals surface area contributed by atoms with Gasteiger partial charge in [0.25, 0.3) is 0 Å². The van der Waals surface area contributed by atoms with E-state index in [0.29, 0.717) is 5.30 Å². The van der Waals surface area contributed by atoms with E-state index in [4.69, 9.17) is 0 Å². The first-order valence-corrected chi connectivity index (χ1v) is 6.55. The summed E-state index contributed by atoms with van der Waals surface area (Å²) < 4.78 is 11.4. The standard InChI is InChI=1S/C14H9O2P.Na/c15-17(16)14-9-10-5-1-2-6-11(10)12-7-3-4-8-13(12)14;/h1-9H;/q;+1/p+1. The van der Waals surface area contributed by atoms with Crippen LogP contribution in [-0.4, -0.2) is 4.89 Å². The van der Waals surface area contributed by atoms with E-state index >= 15 is 0 Å². The molecule has 0 fully saturated rings. The van der Waals surface area contributed by atoms with Crippen molar-refractivity contribution in [2.75, 3.05) is 0 Å². The molecule has 1 unspecified atom stereocenters. The summed E-state index contributed by atoms with van der Waals surface area (Å²) in [5.41, 5.74) is 0. The van der Waals surface area contributed by atoms with E-state index in [1.54, 1.807) is 6.07 Å². The van der Waals surface area contributed by atoms with E-state index in [0.717, 1.165) is 21.5 Å². The third-order valence-electron chi connectivity index (χ3n) is 2.95. The van der Waals surface area contributed by atoms with E-state index in [-0.39, 0.29) is 29.6 Å². The largest absolute Gasteiger partial charge is 1.00 e. The van der Waals surface area contributed by atoms with Gasteiger partial charge in [-0.25, -0.2) is 0 Å². The normalized spacial score (nSPS) is 11.3. The molecule has 0 spiro atoms. The number of hydrogen-bond acceptors (Lipinski definition) is 1. The van der Waals surface area contributed by atoms with Crippen LogP contribution >= 0.6 is 8.03 Å². The smallest absolute Gasteiger partial charge is 0.156 e. The Morgan fingerprint density at radius 3 is 2.06 bits per heavy atom. The molecule has 3 aromatic rings. The second-order valence-corrected chi connectivity index (χ2v) is 4.96. The number of benzene rings is 3. The maximum absolute atomic E-state index is 11.4. The fourth-order valence-electron chi connectivity index (χ4n) is 2.19. The first kappa shape index (κ1) is 13.7. The van der Waals surface area contributed by atoms with Crippen LogP contribution in [0.5, 0.6) is 0 Å². The van der Waals surface area contributed by atoms with Crippen molar-refractivity contribution in [3.63, 3.8) is 0 Å². The summed E-state index contributed by atoms with van der Waals surface area (Å²) in [6.45, 7) is 0. The molecule has 1 N–H and O–H groups in total. The summed E-state index contributed by atoms with van der Waals surface area (Å²) in [6, 6.07) is 17.4. The number of hydrogen-bond donors (Lipinski definition) is 1. The summed E-state index contributed by atoms with van der Waals surface area (Å²) in [5.74, 6) is 0. The van der Waals surface area contributed by atoms with Gasteiger partial charge < -0.3 is 0 Å². The van der Waals surface area contributed by atoms with Gasteiger partial charge in [0.2, 0.25) is 5.30 Å². The zero-order chi connectivity index (χ0) is 11.8. The molecule has 82 valence electrons. The third kappa shape index (κ3) is 2.23. The Morgan fingerprint density at radius 2 is 1.39 bits per heavy atom. The minimum atomic E-state index is -2.32. The van der Waals surface area contributed by atoms with Crippen molar-refractivity contribution in [1.82, 2.24) is 0 Å². The van der Waals surface area contributed by atoms with Gasteiger partial charge in [-0.2, -0.15) is 4.89 Å². The fourth-order valence-corrected chi connectivity index (χ4v) is 2.84. The van der Waals surface area contributed by atoms with Crippen molar-refractivity contribution >= 4 is 34.9 Å². The number of rotatable bonds is 1. The molecule has 0 aliphatic heterocycles. The van der Waals surface area contributed by atoms with Crippen molar-refractivity contribution in [2.45, 2.75) is 0 Å². The molecule has 3 rings (SSSR count). The van der Waals surface area contributed by atoms with Crippen molar-refractivity contribution in [2.24, 2.45) is 0 Å². The Hall–Kier alpha value is -0.760. The van der Waals surface area contributed by atoms with E-state index in [9.17, 15) is 9.46 Å². The molecule has 0 aromatic heterocycles. The van der Waals surface area contributed by atoms with E-state index in [2.05, 4.69) is 0 Å². The molecule has 0 saturated carbocycles. The molecule has 3 aromatic carbocycles. The van der Waals surface area contributed by atoms with Crippen LogP contribution in [-0.2, 0) is 4.57 Å². The fraction of sp³-hybridized carbons (Fsp3) is 0. The molecule has 0 heterocycles. The van der Waals surface area contributed by atoms with E-state index in [1.165, 1.54) is 0 Å². The van der Waals surface area contributed by atoms with Crippen LogP contribution in [0.4, 0.5) is 0 Å². The van der Waals surface area contributed by atoms with Gasteiger partial charge in [0, 0.05) is 11.5 Å². The summed E-state index contributed by atoms with van der Waals surface area (Å²) in [5, 5.41) is 4.50. The predicted molar refractivity (Wildman–Crippen MR) is 70.9 cm³/mol. The maximum Gasteiger partial charge on any atom is 1.00 e. The second-order valence-electron chi connectivity index (χ2n) is 3.94. The van der Waals surface area contributed by atoms with E-state index in [1.807, 2.05) is 48.5 Å². The first-order valence-electron chi connectivity index (χ1n) is 5.34. The Balaban J connectivity index is 0.00000120. The van der Waals surface area contributed by atoms with Crippen molar-refractivity contribution in [1.29, 1.82) is 0 Å².